The van der Waals surface area contributed by atoms with Crippen LogP contribution in [0, 0.1) is 10.1 Å². The molecule has 0 atom stereocenters. The fourth-order valence-corrected chi connectivity index (χ4v) is 1.54. The standard InChI is InChI=1S/C13H9N3O5.Na/c17-12-5-4-9(7-11(12)13(18)19)15-14-8-2-1-3-10(6-8)16(20)21;/h1-7,17H,(H,18,19);. The second-order valence-corrected chi connectivity index (χ2v) is 3.98. The summed E-state index contributed by atoms with van der Waals surface area (Å²) in [7, 11) is 0. The van der Waals surface area contributed by atoms with Crippen molar-refractivity contribution in [3.63, 3.8) is 0 Å². The first-order chi connectivity index (χ1) is 9.97. The molecule has 9 heteroatoms. The first-order valence-corrected chi connectivity index (χ1v) is 5.70. The summed E-state index contributed by atoms with van der Waals surface area (Å²) in [6.07, 6.45) is 0. The molecule has 2 N–H and O–H groups in total. The van der Waals surface area contributed by atoms with Gasteiger partial charge in [0.05, 0.1) is 16.3 Å². The summed E-state index contributed by atoms with van der Waals surface area (Å²) in [5.41, 5.74) is 0.0414. The maximum absolute atomic E-state index is 10.9. The van der Waals surface area contributed by atoms with Crippen LogP contribution in [0.3, 0.4) is 0 Å². The summed E-state index contributed by atoms with van der Waals surface area (Å²) in [5.74, 6) is -1.67. The minimum Gasteiger partial charge on any atom is -0.507 e. The second-order valence-electron chi connectivity index (χ2n) is 3.98. The van der Waals surface area contributed by atoms with E-state index in [-0.39, 0.29) is 57.9 Å². The molecule has 22 heavy (non-hydrogen) atoms. The number of aromatic hydroxyl groups is 1. The number of carbonyl (C=O) groups is 1. The van der Waals surface area contributed by atoms with Crippen molar-refractivity contribution in [3.8, 4) is 5.75 Å². The summed E-state index contributed by atoms with van der Waals surface area (Å²) in [5, 5.41) is 36.4. The molecule has 2 aromatic carbocycles. The summed E-state index contributed by atoms with van der Waals surface area (Å²) in [6, 6.07) is 9.26. The first-order valence-electron chi connectivity index (χ1n) is 5.70. The largest absolute Gasteiger partial charge is 0.507 e. The number of phenols is 1. The zero-order valence-electron chi connectivity index (χ0n) is 11.5. The average Bonchev–Trinajstić information content (AvgIpc) is 2.46. The third-order valence-electron chi connectivity index (χ3n) is 2.53. The van der Waals surface area contributed by atoms with Crippen molar-refractivity contribution >= 4 is 52.6 Å². The van der Waals surface area contributed by atoms with Crippen molar-refractivity contribution in [2.45, 2.75) is 0 Å². The predicted molar refractivity (Wildman–Crippen MR) is 78.1 cm³/mol. The van der Waals surface area contributed by atoms with Crippen LogP contribution < -0.4 is 0 Å². The molecule has 0 fully saturated rings. The molecule has 2 rings (SSSR count). The Morgan fingerprint density at radius 3 is 2.32 bits per heavy atom. The van der Waals surface area contributed by atoms with Gasteiger partial charge in [0.25, 0.3) is 5.69 Å². The van der Waals surface area contributed by atoms with Crippen LogP contribution in [0.1, 0.15) is 10.4 Å². The number of rotatable bonds is 4. The van der Waals surface area contributed by atoms with E-state index in [0.717, 1.165) is 6.07 Å². The van der Waals surface area contributed by atoms with Crippen molar-refractivity contribution in [2.75, 3.05) is 0 Å². The quantitative estimate of drug-likeness (QED) is 0.388. The van der Waals surface area contributed by atoms with E-state index in [1.165, 1.54) is 36.4 Å². The number of carboxylic acids is 1. The van der Waals surface area contributed by atoms with E-state index >= 15 is 0 Å². The summed E-state index contributed by atoms with van der Waals surface area (Å²) >= 11 is 0. The topological polar surface area (TPSA) is 125 Å². The third kappa shape index (κ3) is 4.35. The molecule has 0 unspecified atom stereocenters. The molecule has 0 aromatic heterocycles. The van der Waals surface area contributed by atoms with Gasteiger partial charge in [-0.15, -0.1) is 0 Å². The monoisotopic (exact) mass is 310 g/mol. The van der Waals surface area contributed by atoms with Crippen LogP contribution in [0.15, 0.2) is 52.7 Å². The van der Waals surface area contributed by atoms with Crippen molar-refractivity contribution in [2.24, 2.45) is 10.2 Å². The van der Waals surface area contributed by atoms with Crippen LogP contribution in [0.2, 0.25) is 0 Å². The molecule has 0 aliphatic heterocycles. The van der Waals surface area contributed by atoms with Crippen LogP contribution >= 0.6 is 0 Å². The van der Waals surface area contributed by atoms with Gasteiger partial charge < -0.3 is 10.2 Å². The molecule has 0 saturated heterocycles. The fraction of sp³-hybridized carbons (Fsp3) is 0. The average molecular weight is 310 g/mol. The number of non-ortho nitro benzene ring substituents is 1. The molecular weight excluding hydrogens is 301 g/mol. The van der Waals surface area contributed by atoms with Crippen molar-refractivity contribution in [1.29, 1.82) is 0 Å². The smallest absolute Gasteiger partial charge is 0.339 e. The van der Waals surface area contributed by atoms with E-state index in [2.05, 4.69) is 10.2 Å². The Morgan fingerprint density at radius 2 is 1.73 bits per heavy atom. The Morgan fingerprint density at radius 1 is 1.09 bits per heavy atom. The van der Waals surface area contributed by atoms with Crippen LogP contribution in [0.4, 0.5) is 17.1 Å². The number of carboxylic acid groups (broad SMARTS) is 1. The molecule has 0 amide bonds. The zero-order chi connectivity index (χ0) is 15.4. The Bertz CT molecular complexity index is 748. The number of nitrogens with zero attached hydrogens (tertiary/aromatic N) is 3. The summed E-state index contributed by atoms with van der Waals surface area (Å²) < 4.78 is 0. The number of benzene rings is 2. The predicted octanol–water partition coefficient (Wildman–Crippen LogP) is 3.03. The molecule has 107 valence electrons. The van der Waals surface area contributed by atoms with Gasteiger partial charge in [0.1, 0.15) is 11.3 Å². The number of hydrogen-bond donors (Lipinski definition) is 2. The van der Waals surface area contributed by atoms with Crippen molar-refractivity contribution < 1.29 is 19.9 Å². The first kappa shape index (κ1) is 17.8. The van der Waals surface area contributed by atoms with E-state index in [1.807, 2.05) is 0 Å². The molecule has 2 aromatic rings. The second kappa shape index (κ2) is 7.64. The molecule has 0 saturated carbocycles. The van der Waals surface area contributed by atoms with Crippen LogP contribution in [-0.4, -0.2) is 50.7 Å². The maximum Gasteiger partial charge on any atom is 0.339 e. The van der Waals surface area contributed by atoms with E-state index in [0.29, 0.717) is 0 Å². The van der Waals surface area contributed by atoms with E-state index in [4.69, 9.17) is 5.11 Å². The molecular formula is C13H9N3NaO5. The number of nitro groups is 1. The summed E-state index contributed by atoms with van der Waals surface area (Å²) in [4.78, 5) is 20.9. The van der Waals surface area contributed by atoms with Crippen LogP contribution in [0.5, 0.6) is 5.75 Å². The van der Waals surface area contributed by atoms with Gasteiger partial charge in [-0.05, 0) is 24.3 Å². The van der Waals surface area contributed by atoms with E-state index in [1.54, 1.807) is 0 Å². The summed E-state index contributed by atoms with van der Waals surface area (Å²) in [6.45, 7) is 0. The Hall–Kier alpha value is -2.29. The number of azo groups is 1. The molecule has 1 radical (unpaired) electrons. The van der Waals surface area contributed by atoms with Crippen LogP contribution in [0.25, 0.3) is 0 Å². The van der Waals surface area contributed by atoms with Gasteiger partial charge in [-0.25, -0.2) is 4.79 Å². The molecule has 8 nitrogen and oxygen atoms in total. The Balaban J connectivity index is 0.00000242. The fourth-order valence-electron chi connectivity index (χ4n) is 1.54. The number of nitro benzene ring substituents is 1. The molecule has 0 spiro atoms. The van der Waals surface area contributed by atoms with Gasteiger partial charge in [0.15, 0.2) is 0 Å². The third-order valence-corrected chi connectivity index (χ3v) is 2.53. The van der Waals surface area contributed by atoms with Gasteiger partial charge in [-0.3, -0.25) is 10.1 Å². The Kier molecular flexibility index (Phi) is 6.17. The normalized spacial score (nSPS) is 10.2. The number of aromatic carboxylic acids is 1. The van der Waals surface area contributed by atoms with Gasteiger partial charge in [-0.1, -0.05) is 6.07 Å². The van der Waals surface area contributed by atoms with Gasteiger partial charge in [0.2, 0.25) is 0 Å². The van der Waals surface area contributed by atoms with Crippen molar-refractivity contribution in [3.05, 3.63) is 58.1 Å². The van der Waals surface area contributed by atoms with Gasteiger partial charge in [-0.2, -0.15) is 10.2 Å². The SMILES string of the molecule is O=C(O)c1cc(N=Nc2cccc([N+](=O)[O-])c2)ccc1O.[Na]. The van der Waals surface area contributed by atoms with E-state index < -0.39 is 10.9 Å². The van der Waals surface area contributed by atoms with Crippen LogP contribution in [-0.2, 0) is 0 Å². The van der Waals surface area contributed by atoms with Crippen molar-refractivity contribution in [1.82, 2.24) is 0 Å². The molecule has 0 aliphatic carbocycles. The maximum atomic E-state index is 10.9. The Labute approximate surface area is 146 Å². The zero-order valence-corrected chi connectivity index (χ0v) is 13.5. The molecule has 0 aliphatic rings. The van der Waals surface area contributed by atoms with Gasteiger partial charge in [0, 0.05) is 41.7 Å². The molecule has 0 heterocycles. The molecule has 0 bridgehead atoms. The van der Waals surface area contributed by atoms with E-state index in [9.17, 15) is 20.0 Å². The minimum absolute atomic E-state index is 0. The van der Waals surface area contributed by atoms with Gasteiger partial charge >= 0.3 is 5.97 Å². The number of hydrogen-bond acceptors (Lipinski definition) is 6. The minimum atomic E-state index is -1.29.